The van der Waals surface area contributed by atoms with Crippen LogP contribution in [-0.2, 0) is 4.74 Å². The van der Waals surface area contributed by atoms with Gasteiger partial charge in [0.15, 0.2) is 0 Å². The van der Waals surface area contributed by atoms with E-state index in [2.05, 4.69) is 15.9 Å². The first-order valence-corrected chi connectivity index (χ1v) is 6.47. The number of benzene rings is 1. The highest BCUT2D eigenvalue weighted by Crippen LogP contribution is 2.29. The van der Waals surface area contributed by atoms with Crippen LogP contribution in [0.5, 0.6) is 5.75 Å². The fourth-order valence-corrected chi connectivity index (χ4v) is 1.85. The van der Waals surface area contributed by atoms with Crippen molar-refractivity contribution in [2.45, 2.75) is 32.5 Å². The van der Waals surface area contributed by atoms with Crippen molar-refractivity contribution in [1.29, 1.82) is 0 Å². The molecule has 17 heavy (non-hydrogen) atoms. The summed E-state index contributed by atoms with van der Waals surface area (Å²) in [5.74, 6) is 0.720. The first kappa shape index (κ1) is 14.5. The Morgan fingerprint density at radius 1 is 1.35 bits per heavy atom. The largest absolute Gasteiger partial charge is 0.490 e. The van der Waals surface area contributed by atoms with Crippen LogP contribution in [0.2, 0.25) is 0 Å². The zero-order chi connectivity index (χ0) is 12.8. The minimum atomic E-state index is -0.535. The van der Waals surface area contributed by atoms with Gasteiger partial charge in [0.1, 0.15) is 5.75 Å². The summed E-state index contributed by atoms with van der Waals surface area (Å²) < 4.78 is 11.8. The zero-order valence-corrected chi connectivity index (χ0v) is 12.0. The van der Waals surface area contributed by atoms with Gasteiger partial charge >= 0.3 is 0 Å². The Labute approximate surface area is 111 Å². The highest BCUT2D eigenvalue weighted by atomic mass is 79.9. The zero-order valence-electron chi connectivity index (χ0n) is 10.4. The van der Waals surface area contributed by atoms with Crippen molar-refractivity contribution in [2.75, 3.05) is 13.7 Å². The summed E-state index contributed by atoms with van der Waals surface area (Å²) in [4.78, 5) is 0. The molecular weight excluding hydrogens is 284 g/mol. The lowest BCUT2D eigenvalue weighted by atomic mass is 10.1. The molecule has 2 unspecified atom stereocenters. The number of hydrogen-bond acceptors (Lipinski definition) is 3. The van der Waals surface area contributed by atoms with E-state index in [1.54, 1.807) is 14.0 Å². The van der Waals surface area contributed by atoms with E-state index in [0.717, 1.165) is 22.2 Å². The lowest BCUT2D eigenvalue weighted by molar-refractivity contribution is 0.130. The first-order valence-electron chi connectivity index (χ1n) is 5.67. The molecule has 96 valence electrons. The van der Waals surface area contributed by atoms with Gasteiger partial charge in [0.2, 0.25) is 0 Å². The molecule has 0 spiro atoms. The quantitative estimate of drug-likeness (QED) is 0.876. The molecule has 0 amide bonds. The molecule has 3 nitrogen and oxygen atoms in total. The lowest BCUT2D eigenvalue weighted by Gasteiger charge is -2.18. The van der Waals surface area contributed by atoms with Crippen molar-refractivity contribution in [2.24, 2.45) is 0 Å². The molecular formula is C13H19BrO3. The molecule has 1 aromatic rings. The van der Waals surface area contributed by atoms with Crippen LogP contribution in [0.1, 0.15) is 31.9 Å². The maximum atomic E-state index is 9.66. The molecule has 0 fully saturated rings. The normalized spacial score (nSPS) is 14.4. The molecule has 0 saturated carbocycles. The van der Waals surface area contributed by atoms with Crippen LogP contribution in [0, 0.1) is 0 Å². The Balaban J connectivity index is 2.77. The molecule has 0 aromatic heterocycles. The molecule has 4 heteroatoms. The molecule has 0 aliphatic carbocycles. The number of aliphatic hydroxyl groups is 1. The van der Waals surface area contributed by atoms with E-state index >= 15 is 0 Å². The number of methoxy groups -OCH3 is 1. The second-order valence-corrected chi connectivity index (χ2v) is 4.98. The molecule has 1 N–H and O–H groups in total. The summed E-state index contributed by atoms with van der Waals surface area (Å²) >= 11 is 3.40. The van der Waals surface area contributed by atoms with Crippen LogP contribution >= 0.6 is 15.9 Å². The Morgan fingerprint density at radius 2 is 2.06 bits per heavy atom. The van der Waals surface area contributed by atoms with Gasteiger partial charge in [-0.15, -0.1) is 0 Å². The van der Waals surface area contributed by atoms with E-state index < -0.39 is 6.10 Å². The number of rotatable bonds is 6. The van der Waals surface area contributed by atoms with E-state index in [1.807, 2.05) is 25.1 Å². The third-order valence-corrected chi connectivity index (χ3v) is 2.98. The highest BCUT2D eigenvalue weighted by molar-refractivity contribution is 9.10. The van der Waals surface area contributed by atoms with E-state index in [4.69, 9.17) is 9.47 Å². The third kappa shape index (κ3) is 4.66. The van der Waals surface area contributed by atoms with Crippen molar-refractivity contribution in [3.05, 3.63) is 28.2 Å². The van der Waals surface area contributed by atoms with Gasteiger partial charge in [-0.2, -0.15) is 0 Å². The number of halogens is 1. The van der Waals surface area contributed by atoms with E-state index in [9.17, 15) is 5.11 Å². The molecule has 0 heterocycles. The minimum Gasteiger partial charge on any atom is -0.490 e. The molecule has 0 aliphatic rings. The Morgan fingerprint density at radius 3 is 2.65 bits per heavy atom. The molecule has 1 rings (SSSR count). The lowest BCUT2D eigenvalue weighted by Crippen LogP contribution is -2.15. The Bertz CT molecular complexity index is 353. The highest BCUT2D eigenvalue weighted by Gasteiger charge is 2.12. The number of hydrogen-bond donors (Lipinski definition) is 1. The first-order chi connectivity index (χ1) is 8.04. The van der Waals surface area contributed by atoms with Crippen LogP contribution < -0.4 is 4.74 Å². The Hall–Kier alpha value is -0.580. The van der Waals surface area contributed by atoms with Crippen molar-refractivity contribution >= 4 is 15.9 Å². The van der Waals surface area contributed by atoms with Crippen molar-refractivity contribution in [3.8, 4) is 5.75 Å². The van der Waals surface area contributed by atoms with Crippen LogP contribution in [0.15, 0.2) is 22.7 Å². The summed E-state index contributed by atoms with van der Waals surface area (Å²) in [6.45, 7) is 4.39. The summed E-state index contributed by atoms with van der Waals surface area (Å²) in [6.07, 6.45) is 0.344. The van der Waals surface area contributed by atoms with Crippen molar-refractivity contribution in [3.63, 3.8) is 0 Å². The Kier molecular flexibility index (Phi) is 5.95. The molecule has 0 radical (unpaired) electrons. The van der Waals surface area contributed by atoms with Gasteiger partial charge in [0.25, 0.3) is 0 Å². The van der Waals surface area contributed by atoms with Crippen LogP contribution in [0.3, 0.4) is 0 Å². The van der Waals surface area contributed by atoms with Crippen LogP contribution in [-0.4, -0.2) is 24.9 Å². The fraction of sp³-hybridized carbons (Fsp3) is 0.538. The van der Waals surface area contributed by atoms with Gasteiger partial charge in [0, 0.05) is 30.2 Å². The summed E-state index contributed by atoms with van der Waals surface area (Å²) in [5, 5.41) is 9.66. The van der Waals surface area contributed by atoms with Gasteiger partial charge in [-0.25, -0.2) is 0 Å². The van der Waals surface area contributed by atoms with Gasteiger partial charge in [-0.3, -0.25) is 0 Å². The second-order valence-electron chi connectivity index (χ2n) is 4.07. The van der Waals surface area contributed by atoms with Crippen LogP contribution in [0.25, 0.3) is 0 Å². The van der Waals surface area contributed by atoms with Gasteiger partial charge in [0.05, 0.1) is 12.2 Å². The second kappa shape index (κ2) is 6.99. The predicted molar refractivity (Wildman–Crippen MR) is 71.4 cm³/mol. The minimum absolute atomic E-state index is 0.0572. The van der Waals surface area contributed by atoms with Gasteiger partial charge < -0.3 is 14.6 Å². The van der Waals surface area contributed by atoms with Crippen molar-refractivity contribution in [1.82, 2.24) is 0 Å². The third-order valence-electron chi connectivity index (χ3n) is 2.48. The average Bonchev–Trinajstić information content (AvgIpc) is 2.26. The van der Waals surface area contributed by atoms with E-state index in [0.29, 0.717) is 6.61 Å². The smallest absolute Gasteiger partial charge is 0.126 e. The van der Waals surface area contributed by atoms with Gasteiger partial charge in [-0.1, -0.05) is 22.0 Å². The predicted octanol–water partition coefficient (Wildman–Crippen LogP) is 3.31. The average molecular weight is 303 g/mol. The number of aliphatic hydroxyl groups excluding tert-OH is 1. The van der Waals surface area contributed by atoms with Crippen molar-refractivity contribution < 1.29 is 14.6 Å². The van der Waals surface area contributed by atoms with E-state index in [-0.39, 0.29) is 6.10 Å². The standard InChI is InChI=1S/C13H19BrO3/c1-9(6-7-16-3)17-13-8-11(14)4-5-12(13)10(2)15/h4-5,8-10,15H,6-7H2,1-3H3. The monoisotopic (exact) mass is 302 g/mol. The molecule has 0 bridgehead atoms. The summed E-state index contributed by atoms with van der Waals surface area (Å²) in [7, 11) is 1.67. The molecule has 2 atom stereocenters. The maximum absolute atomic E-state index is 9.66. The maximum Gasteiger partial charge on any atom is 0.126 e. The van der Waals surface area contributed by atoms with Crippen LogP contribution in [0.4, 0.5) is 0 Å². The van der Waals surface area contributed by atoms with Gasteiger partial charge in [-0.05, 0) is 26.0 Å². The SMILES string of the molecule is COCCC(C)Oc1cc(Br)ccc1C(C)O. The topological polar surface area (TPSA) is 38.7 Å². The fourth-order valence-electron chi connectivity index (χ4n) is 1.51. The summed E-state index contributed by atoms with van der Waals surface area (Å²) in [6, 6.07) is 5.65. The molecule has 0 aliphatic heterocycles. The van der Waals surface area contributed by atoms with E-state index in [1.165, 1.54) is 0 Å². The molecule has 0 saturated heterocycles. The summed E-state index contributed by atoms with van der Waals surface area (Å²) in [5.41, 5.74) is 0.803. The molecule has 1 aromatic carbocycles. The number of ether oxygens (including phenoxy) is 2.